The van der Waals surface area contributed by atoms with E-state index in [0.717, 1.165) is 31.4 Å². The summed E-state index contributed by atoms with van der Waals surface area (Å²) in [5, 5.41) is 3.31. The minimum atomic E-state index is 0.374. The Morgan fingerprint density at radius 1 is 1.45 bits per heavy atom. The highest BCUT2D eigenvalue weighted by atomic mass is 16.1. The number of carbonyl (C=O) groups excluding carboxylic acids is 1. The van der Waals surface area contributed by atoms with E-state index in [1.807, 2.05) is 0 Å². The van der Waals surface area contributed by atoms with Crippen LogP contribution in [0.5, 0.6) is 0 Å². The molecule has 0 amide bonds. The number of ketones is 1. The normalized spacial score (nSPS) is 31.0. The maximum atomic E-state index is 11.2. The van der Waals surface area contributed by atoms with Gasteiger partial charge in [0.25, 0.3) is 0 Å². The van der Waals surface area contributed by atoms with E-state index in [1.165, 1.54) is 5.57 Å². The van der Waals surface area contributed by atoms with Gasteiger partial charge < -0.3 is 5.32 Å². The molecule has 1 heterocycles. The average molecular weight is 151 g/mol. The van der Waals surface area contributed by atoms with Crippen LogP contribution in [0.2, 0.25) is 0 Å². The van der Waals surface area contributed by atoms with Crippen molar-refractivity contribution >= 4 is 5.78 Å². The third-order valence-corrected chi connectivity index (χ3v) is 2.60. The van der Waals surface area contributed by atoms with Crippen LogP contribution >= 0.6 is 0 Å². The van der Waals surface area contributed by atoms with E-state index in [-0.39, 0.29) is 0 Å². The van der Waals surface area contributed by atoms with Crippen molar-refractivity contribution in [2.75, 3.05) is 6.54 Å². The first-order valence-electron chi connectivity index (χ1n) is 4.25. The molecule has 0 aromatic heterocycles. The molecule has 2 rings (SSSR count). The lowest BCUT2D eigenvalue weighted by Gasteiger charge is -2.21. The summed E-state index contributed by atoms with van der Waals surface area (Å²) in [5.74, 6) is 0.374. The standard InChI is InChI=1S/C9H13NO/c1-6-4-7-2-3-9(11)8(7)5-10-6/h6,10H,2-5H2,1H3. The van der Waals surface area contributed by atoms with Crippen molar-refractivity contribution in [2.45, 2.75) is 32.2 Å². The smallest absolute Gasteiger partial charge is 0.160 e. The quantitative estimate of drug-likeness (QED) is 0.560. The summed E-state index contributed by atoms with van der Waals surface area (Å²) in [4.78, 5) is 11.2. The highest BCUT2D eigenvalue weighted by Gasteiger charge is 2.26. The zero-order valence-corrected chi connectivity index (χ0v) is 6.81. The summed E-state index contributed by atoms with van der Waals surface area (Å²) in [5.41, 5.74) is 2.50. The fourth-order valence-electron chi connectivity index (χ4n) is 1.93. The molecule has 60 valence electrons. The summed E-state index contributed by atoms with van der Waals surface area (Å²) in [6.07, 6.45) is 2.88. The van der Waals surface area contributed by atoms with Crippen molar-refractivity contribution in [1.29, 1.82) is 0 Å². The molecule has 1 unspecified atom stereocenters. The van der Waals surface area contributed by atoms with Crippen LogP contribution in [0.1, 0.15) is 26.2 Å². The molecule has 0 bridgehead atoms. The fourth-order valence-corrected chi connectivity index (χ4v) is 1.93. The van der Waals surface area contributed by atoms with Crippen LogP contribution in [0, 0.1) is 0 Å². The van der Waals surface area contributed by atoms with Crippen LogP contribution in [0.25, 0.3) is 0 Å². The van der Waals surface area contributed by atoms with Gasteiger partial charge in [-0.2, -0.15) is 0 Å². The summed E-state index contributed by atoms with van der Waals surface area (Å²) in [6.45, 7) is 2.99. The van der Waals surface area contributed by atoms with Crippen LogP contribution in [0.3, 0.4) is 0 Å². The van der Waals surface area contributed by atoms with Crippen molar-refractivity contribution in [3.63, 3.8) is 0 Å². The predicted molar refractivity (Wildman–Crippen MR) is 43.3 cm³/mol. The molecule has 0 saturated heterocycles. The van der Waals surface area contributed by atoms with E-state index in [2.05, 4.69) is 12.2 Å². The average Bonchev–Trinajstić information content (AvgIpc) is 2.32. The second kappa shape index (κ2) is 2.45. The summed E-state index contributed by atoms with van der Waals surface area (Å²) in [7, 11) is 0. The van der Waals surface area contributed by atoms with Crippen LogP contribution in [0.4, 0.5) is 0 Å². The zero-order chi connectivity index (χ0) is 7.84. The van der Waals surface area contributed by atoms with Gasteiger partial charge in [0.2, 0.25) is 0 Å². The summed E-state index contributed by atoms with van der Waals surface area (Å²) >= 11 is 0. The van der Waals surface area contributed by atoms with Crippen molar-refractivity contribution < 1.29 is 4.79 Å². The van der Waals surface area contributed by atoms with E-state index >= 15 is 0 Å². The third-order valence-electron chi connectivity index (χ3n) is 2.60. The van der Waals surface area contributed by atoms with Crippen molar-refractivity contribution in [3.8, 4) is 0 Å². The van der Waals surface area contributed by atoms with Gasteiger partial charge in [-0.15, -0.1) is 0 Å². The van der Waals surface area contributed by atoms with Gasteiger partial charge in [-0.05, 0) is 19.8 Å². The molecule has 2 heteroatoms. The topological polar surface area (TPSA) is 29.1 Å². The molecule has 11 heavy (non-hydrogen) atoms. The van der Waals surface area contributed by atoms with Crippen LogP contribution in [0.15, 0.2) is 11.1 Å². The van der Waals surface area contributed by atoms with Crippen LogP contribution < -0.4 is 5.32 Å². The Morgan fingerprint density at radius 2 is 2.27 bits per heavy atom. The number of hydrogen-bond donors (Lipinski definition) is 1. The lowest BCUT2D eigenvalue weighted by atomic mass is 9.99. The summed E-state index contributed by atoms with van der Waals surface area (Å²) < 4.78 is 0. The number of carbonyl (C=O) groups is 1. The van der Waals surface area contributed by atoms with E-state index < -0.39 is 0 Å². The predicted octanol–water partition coefficient (Wildman–Crippen LogP) is 1.03. The number of nitrogens with one attached hydrogen (secondary N) is 1. The summed E-state index contributed by atoms with van der Waals surface area (Å²) in [6, 6.07) is 0.569. The highest BCUT2D eigenvalue weighted by Crippen LogP contribution is 2.28. The monoisotopic (exact) mass is 151 g/mol. The second-order valence-corrected chi connectivity index (χ2v) is 3.49. The van der Waals surface area contributed by atoms with E-state index in [1.54, 1.807) is 0 Å². The highest BCUT2D eigenvalue weighted by molar-refractivity contribution is 5.99. The minimum Gasteiger partial charge on any atom is -0.310 e. The number of rotatable bonds is 0. The van der Waals surface area contributed by atoms with Crippen LogP contribution in [-0.2, 0) is 4.79 Å². The Balaban J connectivity index is 2.24. The van der Waals surface area contributed by atoms with Gasteiger partial charge in [-0.25, -0.2) is 0 Å². The van der Waals surface area contributed by atoms with E-state index in [4.69, 9.17) is 0 Å². The van der Waals surface area contributed by atoms with Gasteiger partial charge in [-0.3, -0.25) is 4.79 Å². The Labute approximate surface area is 66.7 Å². The molecule has 2 aliphatic rings. The molecular weight excluding hydrogens is 138 g/mol. The molecule has 0 aromatic rings. The van der Waals surface area contributed by atoms with Gasteiger partial charge in [-0.1, -0.05) is 5.57 Å². The molecule has 0 radical (unpaired) electrons. The SMILES string of the molecule is CC1CC2=C(CN1)C(=O)CC2. The van der Waals surface area contributed by atoms with Crippen LogP contribution in [-0.4, -0.2) is 18.4 Å². The number of hydrogen-bond acceptors (Lipinski definition) is 2. The minimum absolute atomic E-state index is 0.374. The first-order valence-corrected chi connectivity index (χ1v) is 4.25. The molecule has 0 fully saturated rings. The molecule has 0 spiro atoms. The Morgan fingerprint density at radius 3 is 3.09 bits per heavy atom. The maximum absolute atomic E-state index is 11.2. The molecule has 1 aliphatic heterocycles. The molecule has 1 N–H and O–H groups in total. The van der Waals surface area contributed by atoms with Crippen molar-refractivity contribution in [2.24, 2.45) is 0 Å². The van der Waals surface area contributed by atoms with Gasteiger partial charge in [0.15, 0.2) is 5.78 Å². The van der Waals surface area contributed by atoms with Gasteiger partial charge >= 0.3 is 0 Å². The zero-order valence-electron chi connectivity index (χ0n) is 6.81. The van der Waals surface area contributed by atoms with Crippen molar-refractivity contribution in [1.82, 2.24) is 5.32 Å². The van der Waals surface area contributed by atoms with E-state index in [0.29, 0.717) is 11.8 Å². The second-order valence-electron chi connectivity index (χ2n) is 3.49. The molecule has 0 aromatic carbocycles. The molecular formula is C9H13NO. The lowest BCUT2D eigenvalue weighted by Crippen LogP contribution is -2.33. The lowest BCUT2D eigenvalue weighted by molar-refractivity contribution is -0.115. The van der Waals surface area contributed by atoms with Gasteiger partial charge in [0.05, 0.1) is 0 Å². The first kappa shape index (κ1) is 7.04. The third kappa shape index (κ3) is 1.11. The Kier molecular flexibility index (Phi) is 1.57. The fraction of sp³-hybridized carbons (Fsp3) is 0.667. The number of Topliss-reactive ketones (excluding diaryl/α,β-unsaturated/α-hetero) is 1. The first-order chi connectivity index (χ1) is 5.27. The largest absolute Gasteiger partial charge is 0.310 e. The molecule has 2 nitrogen and oxygen atoms in total. The van der Waals surface area contributed by atoms with Gasteiger partial charge in [0.1, 0.15) is 0 Å². The molecule has 1 aliphatic carbocycles. The Bertz CT molecular complexity index is 230. The van der Waals surface area contributed by atoms with Gasteiger partial charge in [0, 0.05) is 24.6 Å². The molecule has 0 saturated carbocycles. The Hall–Kier alpha value is -0.630. The van der Waals surface area contributed by atoms with Crippen molar-refractivity contribution in [3.05, 3.63) is 11.1 Å². The van der Waals surface area contributed by atoms with E-state index in [9.17, 15) is 4.79 Å². The maximum Gasteiger partial charge on any atom is 0.160 e. The molecule has 1 atom stereocenters.